The Bertz CT molecular complexity index is 543. The van der Waals surface area contributed by atoms with E-state index >= 15 is 0 Å². The Balaban J connectivity index is 1.30. The predicted molar refractivity (Wildman–Crippen MR) is 80.5 cm³/mol. The molecule has 0 radical (unpaired) electrons. The molecular weight excluding hydrogens is 286 g/mol. The van der Waals surface area contributed by atoms with Crippen LogP contribution < -0.4 is 10.6 Å². The molecule has 0 spiro atoms. The van der Waals surface area contributed by atoms with Gasteiger partial charge >= 0.3 is 6.03 Å². The van der Waals surface area contributed by atoms with E-state index in [-0.39, 0.29) is 24.2 Å². The van der Waals surface area contributed by atoms with Gasteiger partial charge in [0.05, 0.1) is 35.0 Å². The zero-order valence-electron chi connectivity index (χ0n) is 12.2. The van der Waals surface area contributed by atoms with E-state index in [1.807, 2.05) is 6.92 Å². The topological polar surface area (TPSA) is 63.2 Å². The fraction of sp³-hybridized carbons (Fsp3) is 0.733. The summed E-state index contributed by atoms with van der Waals surface area (Å²) in [5, 5.41) is 9.34. The number of hydrogen-bond donors (Lipinski definition) is 2. The molecule has 114 valence electrons. The maximum atomic E-state index is 12.1. The molecule has 2 saturated heterocycles. The molecule has 1 aromatic heterocycles. The summed E-state index contributed by atoms with van der Waals surface area (Å²) in [5.74, 6) is 0.677. The normalized spacial score (nSPS) is 32.1. The van der Waals surface area contributed by atoms with Gasteiger partial charge in [0, 0.05) is 11.3 Å². The highest BCUT2D eigenvalue weighted by Gasteiger charge is 2.41. The van der Waals surface area contributed by atoms with Crippen LogP contribution >= 0.6 is 11.3 Å². The number of carbonyl (C=O) groups is 1. The van der Waals surface area contributed by atoms with Gasteiger partial charge in [-0.1, -0.05) is 0 Å². The molecule has 2 aliphatic heterocycles. The SMILES string of the molecule is C[C@@H](NC(=O)N[C@@H]1C[C@H]2CC[C@H]1O2)c1csc(C2CC2)n1. The highest BCUT2D eigenvalue weighted by molar-refractivity contribution is 7.09. The van der Waals surface area contributed by atoms with Crippen LogP contribution in [0, 0.1) is 0 Å². The maximum absolute atomic E-state index is 12.1. The lowest BCUT2D eigenvalue weighted by Crippen LogP contribution is -2.46. The molecule has 3 fully saturated rings. The first-order valence-corrected chi connectivity index (χ1v) is 8.75. The van der Waals surface area contributed by atoms with Crippen LogP contribution in [0.3, 0.4) is 0 Å². The van der Waals surface area contributed by atoms with Gasteiger partial charge in [0.2, 0.25) is 0 Å². The molecule has 0 aromatic carbocycles. The van der Waals surface area contributed by atoms with E-state index in [1.165, 1.54) is 17.8 Å². The van der Waals surface area contributed by atoms with Gasteiger partial charge in [0.1, 0.15) is 0 Å². The zero-order valence-corrected chi connectivity index (χ0v) is 13.0. The Kier molecular flexibility index (Phi) is 3.38. The zero-order chi connectivity index (χ0) is 14.4. The molecule has 2 bridgehead atoms. The van der Waals surface area contributed by atoms with Gasteiger partial charge in [-0.05, 0) is 39.0 Å². The van der Waals surface area contributed by atoms with E-state index in [4.69, 9.17) is 4.74 Å². The van der Waals surface area contributed by atoms with Crippen molar-refractivity contribution in [2.45, 2.75) is 69.2 Å². The minimum absolute atomic E-state index is 0.0479. The van der Waals surface area contributed by atoms with Crippen molar-refractivity contribution < 1.29 is 9.53 Å². The number of fused-ring (bicyclic) bond motifs is 2. The maximum Gasteiger partial charge on any atom is 0.315 e. The molecule has 2 amide bonds. The van der Waals surface area contributed by atoms with Gasteiger partial charge in [0.25, 0.3) is 0 Å². The number of hydrogen-bond acceptors (Lipinski definition) is 4. The molecule has 3 aliphatic rings. The quantitative estimate of drug-likeness (QED) is 0.899. The Hall–Kier alpha value is -1.14. The summed E-state index contributed by atoms with van der Waals surface area (Å²) in [5.41, 5.74) is 0.973. The molecule has 21 heavy (non-hydrogen) atoms. The first kappa shape index (κ1) is 13.5. The Morgan fingerprint density at radius 3 is 2.95 bits per heavy atom. The van der Waals surface area contributed by atoms with E-state index in [2.05, 4.69) is 21.0 Å². The lowest BCUT2D eigenvalue weighted by atomic mass is 9.96. The number of urea groups is 1. The summed E-state index contributed by atoms with van der Waals surface area (Å²) in [7, 11) is 0. The second kappa shape index (κ2) is 5.25. The van der Waals surface area contributed by atoms with Crippen LogP contribution in [0.5, 0.6) is 0 Å². The molecule has 1 saturated carbocycles. The number of thiazole rings is 1. The number of carbonyl (C=O) groups excluding carboxylic acids is 1. The van der Waals surface area contributed by atoms with E-state index in [1.54, 1.807) is 11.3 Å². The average molecular weight is 307 g/mol. The highest BCUT2D eigenvalue weighted by Crippen LogP contribution is 2.41. The largest absolute Gasteiger partial charge is 0.373 e. The monoisotopic (exact) mass is 307 g/mol. The Morgan fingerprint density at radius 1 is 1.43 bits per heavy atom. The number of amides is 2. The number of rotatable bonds is 4. The van der Waals surface area contributed by atoms with Gasteiger partial charge < -0.3 is 15.4 Å². The molecule has 0 unspecified atom stereocenters. The third-order valence-corrected chi connectivity index (χ3v) is 5.71. The van der Waals surface area contributed by atoms with Gasteiger partial charge in [0.15, 0.2) is 0 Å². The van der Waals surface area contributed by atoms with Crippen molar-refractivity contribution in [1.82, 2.24) is 15.6 Å². The lowest BCUT2D eigenvalue weighted by molar-refractivity contribution is 0.0980. The van der Waals surface area contributed by atoms with Crippen LogP contribution in [0.15, 0.2) is 5.38 Å². The third kappa shape index (κ3) is 2.79. The second-order valence-electron chi connectivity index (χ2n) is 6.44. The van der Waals surface area contributed by atoms with Crippen LogP contribution in [-0.4, -0.2) is 29.3 Å². The summed E-state index contributed by atoms with van der Waals surface area (Å²) in [6.07, 6.45) is 6.27. The van der Waals surface area contributed by atoms with E-state index in [9.17, 15) is 4.79 Å². The molecule has 2 N–H and O–H groups in total. The second-order valence-corrected chi connectivity index (χ2v) is 7.33. The molecule has 3 heterocycles. The van der Waals surface area contributed by atoms with Gasteiger partial charge in [-0.25, -0.2) is 9.78 Å². The van der Waals surface area contributed by atoms with Crippen molar-refractivity contribution in [3.63, 3.8) is 0 Å². The summed E-state index contributed by atoms with van der Waals surface area (Å²) in [6.45, 7) is 1.99. The number of aromatic nitrogens is 1. The van der Waals surface area contributed by atoms with Gasteiger partial charge in [-0.3, -0.25) is 0 Å². The van der Waals surface area contributed by atoms with E-state index < -0.39 is 0 Å². The van der Waals surface area contributed by atoms with Crippen molar-refractivity contribution in [2.24, 2.45) is 0 Å². The molecular formula is C15H21N3O2S. The van der Waals surface area contributed by atoms with Gasteiger partial charge in [-0.15, -0.1) is 11.3 Å². The third-order valence-electron chi connectivity index (χ3n) is 4.68. The van der Waals surface area contributed by atoms with Crippen molar-refractivity contribution >= 4 is 17.4 Å². The fourth-order valence-corrected chi connectivity index (χ4v) is 4.37. The summed E-state index contributed by atoms with van der Waals surface area (Å²) < 4.78 is 5.76. The predicted octanol–water partition coefficient (Wildman–Crippen LogP) is 2.70. The van der Waals surface area contributed by atoms with Crippen LogP contribution in [0.1, 0.15) is 61.7 Å². The molecule has 4 atom stereocenters. The summed E-state index contributed by atoms with van der Waals surface area (Å²) in [6, 6.07) is 0.0197. The Morgan fingerprint density at radius 2 is 2.29 bits per heavy atom. The molecule has 4 rings (SSSR count). The van der Waals surface area contributed by atoms with E-state index in [0.717, 1.165) is 25.0 Å². The molecule has 1 aliphatic carbocycles. The van der Waals surface area contributed by atoms with Crippen LogP contribution in [0.2, 0.25) is 0 Å². The first-order valence-electron chi connectivity index (χ1n) is 7.87. The number of nitrogens with zero attached hydrogens (tertiary/aromatic N) is 1. The number of ether oxygens (including phenoxy) is 1. The molecule has 5 nitrogen and oxygen atoms in total. The summed E-state index contributed by atoms with van der Waals surface area (Å²) in [4.78, 5) is 16.8. The first-order chi connectivity index (χ1) is 10.2. The van der Waals surface area contributed by atoms with Crippen LogP contribution in [0.4, 0.5) is 4.79 Å². The molecule has 1 aromatic rings. The highest BCUT2D eigenvalue weighted by atomic mass is 32.1. The smallest absolute Gasteiger partial charge is 0.315 e. The van der Waals surface area contributed by atoms with Crippen molar-refractivity contribution in [1.29, 1.82) is 0 Å². The minimum Gasteiger partial charge on any atom is -0.373 e. The standard InChI is InChI=1S/C15H21N3O2S/c1-8(12-7-21-14(17-12)9-2-3-9)16-15(19)18-11-6-10-4-5-13(11)20-10/h7-11,13H,2-6H2,1H3,(H2,16,18,19)/t8-,10-,11-,13-/m1/s1. The lowest BCUT2D eigenvalue weighted by Gasteiger charge is -2.21. The van der Waals surface area contributed by atoms with Crippen molar-refractivity contribution in [3.05, 3.63) is 16.1 Å². The number of nitrogens with one attached hydrogen (secondary N) is 2. The fourth-order valence-electron chi connectivity index (χ4n) is 3.29. The van der Waals surface area contributed by atoms with Crippen LogP contribution in [-0.2, 0) is 4.74 Å². The van der Waals surface area contributed by atoms with Crippen molar-refractivity contribution in [2.75, 3.05) is 0 Å². The van der Waals surface area contributed by atoms with Gasteiger partial charge in [-0.2, -0.15) is 0 Å². The van der Waals surface area contributed by atoms with Crippen molar-refractivity contribution in [3.8, 4) is 0 Å². The molecule has 6 heteroatoms. The average Bonchev–Trinajstić information content (AvgIpc) is 2.90. The Labute approximate surface area is 128 Å². The minimum atomic E-state index is -0.107. The van der Waals surface area contributed by atoms with Crippen LogP contribution in [0.25, 0.3) is 0 Å². The van der Waals surface area contributed by atoms with E-state index in [0.29, 0.717) is 12.0 Å². The summed E-state index contributed by atoms with van der Waals surface area (Å²) >= 11 is 1.72.